The SMILES string of the molecule is Cc1ccc(C=C2Oc3c(ccc([O-])c3C[NH+](C)Cc3ccccc3)C2=O)o1. The Balaban J connectivity index is 1.60. The molecule has 1 aromatic heterocycles. The van der Waals surface area contributed by atoms with Gasteiger partial charge in [0.05, 0.1) is 12.6 Å². The highest BCUT2D eigenvalue weighted by Gasteiger charge is 2.31. The molecule has 1 atom stereocenters. The van der Waals surface area contributed by atoms with E-state index < -0.39 is 0 Å². The fraction of sp³-hybridized carbons (Fsp3) is 0.174. The van der Waals surface area contributed by atoms with Gasteiger partial charge in [-0.3, -0.25) is 4.79 Å². The highest BCUT2D eigenvalue weighted by molar-refractivity contribution is 6.14. The third kappa shape index (κ3) is 3.57. The summed E-state index contributed by atoms with van der Waals surface area (Å²) in [6.07, 6.45) is 1.57. The number of ether oxygens (including phenoxy) is 1. The molecule has 28 heavy (non-hydrogen) atoms. The van der Waals surface area contributed by atoms with Gasteiger partial charge in [-0.25, -0.2) is 0 Å². The number of furan rings is 1. The van der Waals surface area contributed by atoms with Gasteiger partial charge in [-0.15, -0.1) is 0 Å². The second kappa shape index (κ2) is 7.37. The number of hydrogen-bond donors (Lipinski definition) is 1. The van der Waals surface area contributed by atoms with Gasteiger partial charge in [-0.2, -0.15) is 0 Å². The van der Waals surface area contributed by atoms with E-state index in [-0.39, 0.29) is 17.3 Å². The maximum absolute atomic E-state index is 12.7. The van der Waals surface area contributed by atoms with Gasteiger partial charge in [0.2, 0.25) is 5.78 Å². The van der Waals surface area contributed by atoms with Crippen molar-refractivity contribution >= 4 is 11.9 Å². The number of aryl methyl sites for hydroxylation is 1. The number of rotatable bonds is 5. The normalized spacial score (nSPS) is 15.5. The average Bonchev–Trinajstić information content (AvgIpc) is 3.22. The fourth-order valence-electron chi connectivity index (χ4n) is 3.43. The van der Waals surface area contributed by atoms with Gasteiger partial charge in [0.15, 0.2) is 5.76 Å². The van der Waals surface area contributed by atoms with Crippen LogP contribution >= 0.6 is 0 Å². The molecule has 1 N–H and O–H groups in total. The van der Waals surface area contributed by atoms with Crippen molar-refractivity contribution in [1.29, 1.82) is 0 Å². The molecule has 1 aliphatic heterocycles. The molecule has 4 rings (SSSR count). The number of nitrogens with one attached hydrogen (secondary N) is 1. The van der Waals surface area contributed by atoms with E-state index in [1.54, 1.807) is 18.2 Å². The van der Waals surface area contributed by atoms with Crippen LogP contribution in [0.2, 0.25) is 0 Å². The molecule has 0 spiro atoms. The average molecular weight is 375 g/mol. The van der Waals surface area contributed by atoms with Crippen molar-refractivity contribution in [3.8, 4) is 11.5 Å². The molecule has 5 nitrogen and oxygen atoms in total. The Labute approximate surface area is 163 Å². The molecule has 1 unspecified atom stereocenters. The summed E-state index contributed by atoms with van der Waals surface area (Å²) in [6, 6.07) is 16.7. The van der Waals surface area contributed by atoms with Gasteiger partial charge >= 0.3 is 0 Å². The van der Waals surface area contributed by atoms with Crippen molar-refractivity contribution in [3.05, 3.63) is 88.6 Å². The first-order valence-electron chi connectivity index (χ1n) is 9.20. The first kappa shape index (κ1) is 18.1. The molecule has 0 saturated heterocycles. The molecule has 0 radical (unpaired) electrons. The van der Waals surface area contributed by atoms with Crippen LogP contribution < -0.4 is 14.7 Å². The van der Waals surface area contributed by atoms with Crippen molar-refractivity contribution in [2.75, 3.05) is 7.05 Å². The number of fused-ring (bicyclic) bond motifs is 1. The molecule has 3 aromatic rings. The summed E-state index contributed by atoms with van der Waals surface area (Å²) in [7, 11) is 2.02. The van der Waals surface area contributed by atoms with Crippen LogP contribution in [-0.4, -0.2) is 12.8 Å². The van der Waals surface area contributed by atoms with Crippen LogP contribution in [0.1, 0.15) is 33.0 Å². The Kier molecular flexibility index (Phi) is 4.75. The second-order valence-electron chi connectivity index (χ2n) is 7.10. The van der Waals surface area contributed by atoms with Gasteiger partial charge < -0.3 is 19.2 Å². The van der Waals surface area contributed by atoms with Crippen LogP contribution in [0.25, 0.3) is 6.08 Å². The largest absolute Gasteiger partial charge is 0.872 e. The third-order valence-electron chi connectivity index (χ3n) is 4.76. The zero-order valence-electron chi connectivity index (χ0n) is 15.8. The summed E-state index contributed by atoms with van der Waals surface area (Å²) in [6.45, 7) is 3.07. The van der Waals surface area contributed by atoms with Crippen LogP contribution in [0.15, 0.2) is 64.8 Å². The molecular formula is C23H21NO4. The molecule has 2 aromatic carbocycles. The van der Waals surface area contributed by atoms with Gasteiger partial charge in [0.1, 0.15) is 30.4 Å². The summed E-state index contributed by atoms with van der Waals surface area (Å²) < 4.78 is 11.3. The van der Waals surface area contributed by atoms with E-state index >= 15 is 0 Å². The molecule has 142 valence electrons. The molecule has 5 heteroatoms. The number of benzene rings is 2. The van der Waals surface area contributed by atoms with E-state index in [2.05, 4.69) is 12.1 Å². The summed E-state index contributed by atoms with van der Waals surface area (Å²) >= 11 is 0. The van der Waals surface area contributed by atoms with Gasteiger partial charge in [0.25, 0.3) is 0 Å². The minimum atomic E-state index is -0.231. The van der Waals surface area contributed by atoms with E-state index in [1.165, 1.54) is 11.6 Å². The Bertz CT molecular complexity index is 1050. The monoisotopic (exact) mass is 375 g/mol. The minimum absolute atomic E-state index is 0.117. The number of hydrogen-bond acceptors (Lipinski definition) is 4. The quantitative estimate of drug-likeness (QED) is 0.696. The highest BCUT2D eigenvalue weighted by atomic mass is 16.5. The number of carbonyl (C=O) groups excluding carboxylic acids is 1. The van der Waals surface area contributed by atoms with Crippen molar-refractivity contribution < 1.29 is 24.0 Å². The summed E-state index contributed by atoms with van der Waals surface area (Å²) in [4.78, 5) is 13.8. The number of allylic oxidation sites excluding steroid dienone is 1. The third-order valence-corrected chi connectivity index (χ3v) is 4.76. The molecular weight excluding hydrogens is 354 g/mol. The van der Waals surface area contributed by atoms with Crippen molar-refractivity contribution in [1.82, 2.24) is 0 Å². The molecule has 0 fully saturated rings. The molecule has 0 bridgehead atoms. The highest BCUT2D eigenvalue weighted by Crippen LogP contribution is 2.38. The molecule has 0 saturated carbocycles. The first-order valence-corrected chi connectivity index (χ1v) is 9.20. The first-order chi connectivity index (χ1) is 13.5. The van der Waals surface area contributed by atoms with E-state index in [0.29, 0.717) is 29.2 Å². The standard InChI is InChI=1S/C23H21NO4/c1-15-8-9-17(27-15)12-21-22(26)18-10-11-20(25)19(23(18)28-21)14-24(2)13-16-6-4-3-5-7-16/h3-12,25H,13-14H2,1-2H3. The second-order valence-corrected chi connectivity index (χ2v) is 7.10. The van der Waals surface area contributed by atoms with E-state index in [1.807, 2.05) is 38.2 Å². The number of Topliss-reactive ketones (excluding diaryl/α,β-unsaturated/α-hetero) is 1. The van der Waals surface area contributed by atoms with Crippen molar-refractivity contribution in [3.63, 3.8) is 0 Å². The number of quaternary nitrogens is 1. The van der Waals surface area contributed by atoms with Crippen LogP contribution in [0.4, 0.5) is 0 Å². The van der Waals surface area contributed by atoms with Gasteiger partial charge in [-0.05, 0) is 25.1 Å². The van der Waals surface area contributed by atoms with E-state index in [4.69, 9.17) is 9.15 Å². The zero-order valence-corrected chi connectivity index (χ0v) is 15.8. The molecule has 2 heterocycles. The number of carbonyl (C=O) groups is 1. The predicted molar refractivity (Wildman–Crippen MR) is 103 cm³/mol. The number of ketones is 1. The molecule has 0 amide bonds. The lowest BCUT2D eigenvalue weighted by atomic mass is 10.0. The summed E-state index contributed by atoms with van der Waals surface area (Å²) in [5.41, 5.74) is 2.14. The lowest BCUT2D eigenvalue weighted by Crippen LogP contribution is -3.06. The Morgan fingerprint density at radius 3 is 2.54 bits per heavy atom. The van der Waals surface area contributed by atoms with Crippen molar-refractivity contribution in [2.45, 2.75) is 20.0 Å². The Morgan fingerprint density at radius 1 is 1.04 bits per heavy atom. The fourth-order valence-corrected chi connectivity index (χ4v) is 3.43. The molecule has 1 aliphatic rings. The van der Waals surface area contributed by atoms with Gasteiger partial charge in [0, 0.05) is 17.2 Å². The Morgan fingerprint density at radius 2 is 1.82 bits per heavy atom. The maximum atomic E-state index is 12.7. The Hall–Kier alpha value is -3.31. The van der Waals surface area contributed by atoms with Crippen LogP contribution in [0.3, 0.4) is 0 Å². The molecule has 0 aliphatic carbocycles. The maximum Gasteiger partial charge on any atom is 0.232 e. The summed E-state index contributed by atoms with van der Waals surface area (Å²) in [5, 5.41) is 12.5. The minimum Gasteiger partial charge on any atom is -0.872 e. The lowest BCUT2D eigenvalue weighted by Gasteiger charge is -2.20. The van der Waals surface area contributed by atoms with Crippen LogP contribution in [0, 0.1) is 6.92 Å². The van der Waals surface area contributed by atoms with Crippen molar-refractivity contribution in [2.24, 2.45) is 0 Å². The van der Waals surface area contributed by atoms with Crippen LogP contribution in [0.5, 0.6) is 11.5 Å². The predicted octanol–water partition coefficient (Wildman–Crippen LogP) is 2.49. The zero-order chi connectivity index (χ0) is 19.7. The van der Waals surface area contributed by atoms with E-state index in [9.17, 15) is 9.90 Å². The smallest absolute Gasteiger partial charge is 0.232 e. The van der Waals surface area contributed by atoms with E-state index in [0.717, 1.165) is 17.2 Å². The van der Waals surface area contributed by atoms with Crippen LogP contribution in [-0.2, 0) is 13.1 Å². The van der Waals surface area contributed by atoms with Gasteiger partial charge in [-0.1, -0.05) is 42.1 Å². The summed E-state index contributed by atoms with van der Waals surface area (Å²) in [5.74, 6) is 1.50. The lowest BCUT2D eigenvalue weighted by molar-refractivity contribution is -0.907. The topological polar surface area (TPSA) is 66.9 Å².